The first-order valence-corrected chi connectivity index (χ1v) is 7.43. The minimum Gasteiger partial charge on any atom is -0.368 e. The van der Waals surface area contributed by atoms with E-state index in [4.69, 9.17) is 5.73 Å². The molecule has 1 aromatic carbocycles. The van der Waals surface area contributed by atoms with Crippen LogP contribution in [0.15, 0.2) is 24.3 Å². The Labute approximate surface area is 108 Å². The van der Waals surface area contributed by atoms with Gasteiger partial charge in [-0.15, -0.1) is 0 Å². The minimum absolute atomic E-state index is 0.151. The van der Waals surface area contributed by atoms with Crippen LogP contribution in [0.4, 0.5) is 5.69 Å². The molecule has 0 unspecified atom stereocenters. The number of carbonyl (C=O) groups excluding carboxylic acids is 1. The van der Waals surface area contributed by atoms with E-state index in [2.05, 4.69) is 0 Å². The molecule has 0 fully saturated rings. The maximum absolute atomic E-state index is 11.8. The minimum atomic E-state index is -3.54. The smallest absolute Gasteiger partial charge is 0.238 e. The second kappa shape index (κ2) is 5.39. The van der Waals surface area contributed by atoms with Crippen LogP contribution in [0.1, 0.15) is 25.3 Å². The molecule has 6 heteroatoms. The monoisotopic (exact) mass is 270 g/mol. The number of carbonyl (C=O) groups is 1. The van der Waals surface area contributed by atoms with Crippen molar-refractivity contribution in [1.29, 1.82) is 0 Å². The van der Waals surface area contributed by atoms with E-state index in [1.807, 2.05) is 26.0 Å². The predicted octanol–water partition coefficient (Wildman–Crippen LogP) is 1.06. The van der Waals surface area contributed by atoms with Gasteiger partial charge in [-0.1, -0.05) is 32.0 Å². The van der Waals surface area contributed by atoms with Crippen LogP contribution >= 0.6 is 0 Å². The van der Waals surface area contributed by atoms with Crippen molar-refractivity contribution >= 4 is 21.6 Å². The van der Waals surface area contributed by atoms with E-state index < -0.39 is 15.9 Å². The number of benzene rings is 1. The molecule has 0 saturated carbocycles. The van der Waals surface area contributed by atoms with Gasteiger partial charge in [-0.25, -0.2) is 8.42 Å². The predicted molar refractivity (Wildman–Crippen MR) is 71.9 cm³/mol. The summed E-state index contributed by atoms with van der Waals surface area (Å²) in [6, 6.07) is 7.10. The Morgan fingerprint density at radius 1 is 1.33 bits per heavy atom. The molecule has 0 atom stereocenters. The maximum atomic E-state index is 11.8. The fourth-order valence-electron chi connectivity index (χ4n) is 1.73. The Morgan fingerprint density at radius 3 is 2.33 bits per heavy atom. The molecule has 18 heavy (non-hydrogen) atoms. The Hall–Kier alpha value is -1.56. The van der Waals surface area contributed by atoms with E-state index in [9.17, 15) is 13.2 Å². The lowest BCUT2D eigenvalue weighted by Gasteiger charge is -2.24. The van der Waals surface area contributed by atoms with Crippen LogP contribution in [-0.4, -0.2) is 27.1 Å². The lowest BCUT2D eigenvalue weighted by atomic mass is 10.0. The molecule has 0 spiro atoms. The molecular formula is C12H18N2O3S. The number of nitrogens with zero attached hydrogens (tertiary/aromatic N) is 1. The standard InChI is InChI=1S/C12H18N2O3S/c1-9(2)10-6-4-5-7-11(10)14(8-12(13)15)18(3,16)17/h4-7,9H,8H2,1-3H3,(H2,13,15). The highest BCUT2D eigenvalue weighted by Gasteiger charge is 2.22. The van der Waals surface area contributed by atoms with Gasteiger partial charge in [0.05, 0.1) is 11.9 Å². The Bertz CT molecular complexity index is 538. The van der Waals surface area contributed by atoms with Crippen LogP contribution in [0.2, 0.25) is 0 Å². The molecule has 1 amide bonds. The van der Waals surface area contributed by atoms with Crippen molar-refractivity contribution in [3.05, 3.63) is 29.8 Å². The van der Waals surface area contributed by atoms with E-state index in [1.165, 1.54) is 0 Å². The molecule has 0 saturated heterocycles. The highest BCUT2D eigenvalue weighted by Crippen LogP contribution is 2.28. The summed E-state index contributed by atoms with van der Waals surface area (Å²) in [6.07, 6.45) is 1.06. The third kappa shape index (κ3) is 3.46. The number of rotatable bonds is 5. The third-order valence-corrected chi connectivity index (χ3v) is 3.65. The van der Waals surface area contributed by atoms with Gasteiger partial charge in [-0.2, -0.15) is 0 Å². The van der Waals surface area contributed by atoms with Crippen molar-refractivity contribution in [3.63, 3.8) is 0 Å². The summed E-state index contributed by atoms with van der Waals surface area (Å²) < 4.78 is 24.6. The largest absolute Gasteiger partial charge is 0.368 e. The molecule has 5 nitrogen and oxygen atoms in total. The van der Waals surface area contributed by atoms with Gasteiger partial charge in [0, 0.05) is 0 Å². The number of hydrogen-bond donors (Lipinski definition) is 1. The fourth-order valence-corrected chi connectivity index (χ4v) is 2.61. The number of nitrogens with two attached hydrogens (primary N) is 1. The number of primary amides is 1. The van der Waals surface area contributed by atoms with E-state index in [-0.39, 0.29) is 12.5 Å². The van der Waals surface area contributed by atoms with Gasteiger partial charge in [0.1, 0.15) is 6.54 Å². The SMILES string of the molecule is CC(C)c1ccccc1N(CC(N)=O)S(C)(=O)=O. The van der Waals surface area contributed by atoms with Crippen molar-refractivity contribution in [1.82, 2.24) is 0 Å². The average Bonchev–Trinajstić information content (AvgIpc) is 2.24. The zero-order valence-corrected chi connectivity index (χ0v) is 11.6. The Balaban J connectivity index is 3.34. The molecule has 0 bridgehead atoms. The Morgan fingerprint density at radius 2 is 1.89 bits per heavy atom. The van der Waals surface area contributed by atoms with Crippen LogP contribution in [0.25, 0.3) is 0 Å². The van der Waals surface area contributed by atoms with Crippen molar-refractivity contribution < 1.29 is 13.2 Å². The molecule has 0 aliphatic heterocycles. The second-order valence-electron chi connectivity index (χ2n) is 4.45. The molecule has 0 aromatic heterocycles. The summed E-state index contributed by atoms with van der Waals surface area (Å²) in [4.78, 5) is 11.0. The normalized spacial score (nSPS) is 11.6. The van der Waals surface area contributed by atoms with Crippen LogP contribution in [0, 0.1) is 0 Å². The number of para-hydroxylation sites is 1. The number of anilines is 1. The summed E-state index contributed by atoms with van der Waals surface area (Å²) >= 11 is 0. The summed E-state index contributed by atoms with van der Waals surface area (Å²) in [5.41, 5.74) is 6.48. The average molecular weight is 270 g/mol. The highest BCUT2D eigenvalue weighted by molar-refractivity contribution is 7.92. The molecule has 2 N–H and O–H groups in total. The molecule has 0 aliphatic rings. The zero-order valence-electron chi connectivity index (χ0n) is 10.8. The van der Waals surface area contributed by atoms with Crippen LogP contribution in [-0.2, 0) is 14.8 Å². The second-order valence-corrected chi connectivity index (χ2v) is 6.36. The molecule has 0 radical (unpaired) electrons. The van der Waals surface area contributed by atoms with Gasteiger partial charge in [0.2, 0.25) is 15.9 Å². The number of hydrogen-bond acceptors (Lipinski definition) is 3. The van der Waals surface area contributed by atoms with E-state index in [0.717, 1.165) is 16.1 Å². The summed E-state index contributed by atoms with van der Waals surface area (Å²) in [5, 5.41) is 0. The van der Waals surface area contributed by atoms with Crippen LogP contribution in [0.3, 0.4) is 0 Å². The van der Waals surface area contributed by atoms with Gasteiger partial charge >= 0.3 is 0 Å². The first-order chi connectivity index (χ1) is 8.23. The van der Waals surface area contributed by atoms with Gasteiger partial charge in [0.25, 0.3) is 0 Å². The summed E-state index contributed by atoms with van der Waals surface area (Å²) in [5.74, 6) is -0.530. The molecule has 1 aromatic rings. The lowest BCUT2D eigenvalue weighted by molar-refractivity contribution is -0.116. The molecule has 1 rings (SSSR count). The quantitative estimate of drug-likeness (QED) is 0.868. The van der Waals surface area contributed by atoms with Crippen LogP contribution in [0.5, 0.6) is 0 Å². The van der Waals surface area contributed by atoms with Crippen molar-refractivity contribution in [3.8, 4) is 0 Å². The summed E-state index contributed by atoms with van der Waals surface area (Å²) in [7, 11) is -3.54. The first kappa shape index (κ1) is 14.5. The molecular weight excluding hydrogens is 252 g/mol. The van der Waals surface area contributed by atoms with E-state index in [0.29, 0.717) is 5.69 Å². The molecule has 0 aliphatic carbocycles. The van der Waals surface area contributed by atoms with E-state index >= 15 is 0 Å². The van der Waals surface area contributed by atoms with Crippen LogP contribution < -0.4 is 10.0 Å². The van der Waals surface area contributed by atoms with Gasteiger partial charge in [-0.3, -0.25) is 9.10 Å². The van der Waals surface area contributed by atoms with Gasteiger partial charge in [-0.05, 0) is 17.5 Å². The topological polar surface area (TPSA) is 80.5 Å². The number of amides is 1. The Kier molecular flexibility index (Phi) is 4.34. The molecule has 0 heterocycles. The maximum Gasteiger partial charge on any atom is 0.238 e. The zero-order chi connectivity index (χ0) is 13.9. The lowest BCUT2D eigenvalue weighted by Crippen LogP contribution is -2.38. The van der Waals surface area contributed by atoms with Crippen molar-refractivity contribution in [2.75, 3.05) is 17.1 Å². The fraction of sp³-hybridized carbons (Fsp3) is 0.417. The van der Waals surface area contributed by atoms with Crippen molar-refractivity contribution in [2.24, 2.45) is 5.73 Å². The highest BCUT2D eigenvalue weighted by atomic mass is 32.2. The molecule has 100 valence electrons. The number of sulfonamides is 1. The first-order valence-electron chi connectivity index (χ1n) is 5.58. The van der Waals surface area contributed by atoms with Crippen molar-refractivity contribution in [2.45, 2.75) is 19.8 Å². The van der Waals surface area contributed by atoms with Gasteiger partial charge in [0.15, 0.2) is 0 Å². The summed E-state index contributed by atoms with van der Waals surface area (Å²) in [6.45, 7) is 3.58. The third-order valence-electron chi connectivity index (χ3n) is 2.53. The van der Waals surface area contributed by atoms with Gasteiger partial charge < -0.3 is 5.73 Å². The van der Waals surface area contributed by atoms with E-state index in [1.54, 1.807) is 12.1 Å².